The van der Waals surface area contributed by atoms with Crippen LogP contribution in [0.1, 0.15) is 18.4 Å². The monoisotopic (exact) mass is 278 g/mol. The summed E-state index contributed by atoms with van der Waals surface area (Å²) in [6.07, 6.45) is 1.69. The molecular weight excluding hydrogens is 260 g/mol. The average Bonchev–Trinajstić information content (AvgIpc) is 2.41. The first kappa shape index (κ1) is 14.3. The van der Waals surface area contributed by atoms with Crippen LogP contribution >= 0.6 is 0 Å². The van der Waals surface area contributed by atoms with Crippen molar-refractivity contribution in [1.29, 1.82) is 0 Å². The number of benzene rings is 1. The number of hydrogen-bond donors (Lipinski definition) is 2. The summed E-state index contributed by atoms with van der Waals surface area (Å²) >= 11 is 0. The maximum absolute atomic E-state index is 11.2. The van der Waals surface area contributed by atoms with E-state index in [0.717, 1.165) is 19.4 Å². The van der Waals surface area contributed by atoms with Crippen LogP contribution in [-0.2, 0) is 11.3 Å². The van der Waals surface area contributed by atoms with Crippen molar-refractivity contribution < 1.29 is 9.72 Å². The van der Waals surface area contributed by atoms with E-state index >= 15 is 0 Å². The molecule has 20 heavy (non-hydrogen) atoms. The summed E-state index contributed by atoms with van der Waals surface area (Å²) in [5.74, 6) is -0.439. The maximum atomic E-state index is 11.2. The second-order valence-electron chi connectivity index (χ2n) is 5.08. The van der Waals surface area contributed by atoms with E-state index in [9.17, 15) is 14.9 Å². The molecule has 0 aromatic heterocycles. The highest BCUT2D eigenvalue weighted by Gasteiger charge is 2.25. The van der Waals surface area contributed by atoms with Gasteiger partial charge in [0.15, 0.2) is 0 Å². The third kappa shape index (κ3) is 3.05. The number of piperidine rings is 1. The number of anilines is 1. The molecule has 2 rings (SSSR count). The van der Waals surface area contributed by atoms with Gasteiger partial charge in [-0.15, -0.1) is 0 Å². The zero-order valence-electron chi connectivity index (χ0n) is 11.1. The predicted molar refractivity (Wildman–Crippen MR) is 74.7 cm³/mol. The number of nitrogen functional groups attached to an aromatic ring is 1. The molecule has 1 unspecified atom stereocenters. The topological polar surface area (TPSA) is 115 Å². The van der Waals surface area contributed by atoms with E-state index in [4.69, 9.17) is 11.5 Å². The number of nitrogens with two attached hydrogens (primary N) is 2. The molecule has 0 bridgehead atoms. The standard InChI is InChI=1S/C13H18N4O3/c14-12-9(3-1-5-11(12)17(19)20)7-16-6-2-4-10(8-16)13(15)18/h1,3,5,10H,2,4,6-8,14H2,(H2,15,18). The molecule has 1 heterocycles. The number of nitro benzene ring substituents is 1. The Morgan fingerprint density at radius 3 is 2.90 bits per heavy atom. The van der Waals surface area contributed by atoms with Gasteiger partial charge in [0.2, 0.25) is 5.91 Å². The maximum Gasteiger partial charge on any atom is 0.292 e. The lowest BCUT2D eigenvalue weighted by Crippen LogP contribution is -2.40. The van der Waals surface area contributed by atoms with Crippen molar-refractivity contribution in [2.24, 2.45) is 11.7 Å². The van der Waals surface area contributed by atoms with Crippen LogP contribution < -0.4 is 11.5 Å². The van der Waals surface area contributed by atoms with Crippen LogP contribution in [-0.4, -0.2) is 28.8 Å². The van der Waals surface area contributed by atoms with Crippen LogP contribution in [0.4, 0.5) is 11.4 Å². The van der Waals surface area contributed by atoms with Gasteiger partial charge in [0.05, 0.1) is 10.8 Å². The Hall–Kier alpha value is -2.15. The highest BCUT2D eigenvalue weighted by molar-refractivity contribution is 5.77. The number of primary amides is 1. The second kappa shape index (κ2) is 5.87. The Bertz CT molecular complexity index is 532. The van der Waals surface area contributed by atoms with Crippen LogP contribution in [0, 0.1) is 16.0 Å². The minimum Gasteiger partial charge on any atom is -0.393 e. The number of likely N-dealkylation sites (tertiary alicyclic amines) is 1. The van der Waals surface area contributed by atoms with Gasteiger partial charge in [0.1, 0.15) is 5.69 Å². The SMILES string of the molecule is NC(=O)C1CCCN(Cc2cccc([N+](=O)[O-])c2N)C1. The Labute approximate surface area is 116 Å². The molecule has 1 saturated heterocycles. The lowest BCUT2D eigenvalue weighted by Gasteiger charge is -2.31. The fourth-order valence-electron chi connectivity index (χ4n) is 2.57. The number of carbonyl (C=O) groups is 1. The summed E-state index contributed by atoms with van der Waals surface area (Å²) in [7, 11) is 0. The summed E-state index contributed by atoms with van der Waals surface area (Å²) in [6, 6.07) is 4.79. The second-order valence-corrected chi connectivity index (χ2v) is 5.08. The quantitative estimate of drug-likeness (QED) is 0.481. The van der Waals surface area contributed by atoms with E-state index in [1.54, 1.807) is 12.1 Å². The molecule has 4 N–H and O–H groups in total. The summed E-state index contributed by atoms with van der Waals surface area (Å²) in [5, 5.41) is 10.9. The number of nitrogens with zero attached hydrogens (tertiary/aromatic N) is 2. The van der Waals surface area contributed by atoms with E-state index in [-0.39, 0.29) is 23.2 Å². The Morgan fingerprint density at radius 1 is 1.50 bits per heavy atom. The van der Waals surface area contributed by atoms with E-state index in [2.05, 4.69) is 4.90 Å². The average molecular weight is 278 g/mol. The van der Waals surface area contributed by atoms with Gasteiger partial charge < -0.3 is 11.5 Å². The van der Waals surface area contributed by atoms with E-state index in [0.29, 0.717) is 18.7 Å². The fraction of sp³-hybridized carbons (Fsp3) is 0.462. The molecule has 0 aliphatic carbocycles. The molecule has 0 spiro atoms. The van der Waals surface area contributed by atoms with Gasteiger partial charge >= 0.3 is 0 Å². The molecule has 7 heteroatoms. The van der Waals surface area contributed by atoms with Gasteiger partial charge in [-0.1, -0.05) is 12.1 Å². The highest BCUT2D eigenvalue weighted by Crippen LogP contribution is 2.27. The number of nitro groups is 1. The Kier molecular flexibility index (Phi) is 4.19. The van der Waals surface area contributed by atoms with Gasteiger partial charge in [-0.05, 0) is 24.9 Å². The lowest BCUT2D eigenvalue weighted by atomic mass is 9.97. The number of rotatable bonds is 4. The van der Waals surface area contributed by atoms with Gasteiger partial charge in [-0.2, -0.15) is 0 Å². The molecule has 1 fully saturated rings. The fourth-order valence-corrected chi connectivity index (χ4v) is 2.57. The normalized spacial score (nSPS) is 19.7. The largest absolute Gasteiger partial charge is 0.393 e. The van der Waals surface area contributed by atoms with Crippen molar-refractivity contribution in [2.45, 2.75) is 19.4 Å². The van der Waals surface area contributed by atoms with Crippen LogP contribution in [0.5, 0.6) is 0 Å². The molecule has 108 valence electrons. The molecule has 1 aromatic carbocycles. The first-order valence-corrected chi connectivity index (χ1v) is 6.52. The number of para-hydroxylation sites is 1. The summed E-state index contributed by atoms with van der Waals surface area (Å²) in [5.41, 5.74) is 12.0. The lowest BCUT2D eigenvalue weighted by molar-refractivity contribution is -0.384. The molecule has 1 aromatic rings. The molecule has 1 amide bonds. The third-order valence-corrected chi connectivity index (χ3v) is 3.67. The summed E-state index contributed by atoms with van der Waals surface area (Å²) < 4.78 is 0. The summed E-state index contributed by atoms with van der Waals surface area (Å²) in [6.45, 7) is 1.92. The number of hydrogen-bond acceptors (Lipinski definition) is 5. The van der Waals surface area contributed by atoms with Gasteiger partial charge in [-0.25, -0.2) is 0 Å². The van der Waals surface area contributed by atoms with E-state index in [1.165, 1.54) is 6.07 Å². The zero-order valence-corrected chi connectivity index (χ0v) is 11.1. The minimum atomic E-state index is -0.485. The van der Waals surface area contributed by atoms with Gasteiger partial charge in [-0.3, -0.25) is 19.8 Å². The predicted octanol–water partition coefficient (Wildman–Crippen LogP) is 0.874. The molecule has 0 saturated carbocycles. The highest BCUT2D eigenvalue weighted by atomic mass is 16.6. The molecule has 7 nitrogen and oxygen atoms in total. The van der Waals surface area contributed by atoms with Crippen molar-refractivity contribution in [3.8, 4) is 0 Å². The first-order valence-electron chi connectivity index (χ1n) is 6.52. The summed E-state index contributed by atoms with van der Waals surface area (Å²) in [4.78, 5) is 23.7. The minimum absolute atomic E-state index is 0.0778. The van der Waals surface area contributed by atoms with Crippen molar-refractivity contribution in [2.75, 3.05) is 18.8 Å². The molecular formula is C13H18N4O3. The Balaban J connectivity index is 2.12. The van der Waals surface area contributed by atoms with Gasteiger partial charge in [0.25, 0.3) is 5.69 Å². The van der Waals surface area contributed by atoms with Crippen LogP contribution in [0.15, 0.2) is 18.2 Å². The van der Waals surface area contributed by atoms with Crippen molar-refractivity contribution >= 4 is 17.3 Å². The van der Waals surface area contributed by atoms with E-state index < -0.39 is 4.92 Å². The molecule has 1 atom stereocenters. The van der Waals surface area contributed by atoms with E-state index in [1.807, 2.05) is 0 Å². The number of carbonyl (C=O) groups excluding carboxylic acids is 1. The van der Waals surface area contributed by atoms with Crippen LogP contribution in [0.2, 0.25) is 0 Å². The zero-order chi connectivity index (χ0) is 14.7. The van der Waals surface area contributed by atoms with Crippen LogP contribution in [0.25, 0.3) is 0 Å². The third-order valence-electron chi connectivity index (χ3n) is 3.67. The Morgan fingerprint density at radius 2 is 2.25 bits per heavy atom. The molecule has 1 aliphatic heterocycles. The van der Waals surface area contributed by atoms with Gasteiger partial charge in [0, 0.05) is 19.2 Å². The smallest absolute Gasteiger partial charge is 0.292 e. The number of amides is 1. The molecule has 0 radical (unpaired) electrons. The first-order chi connectivity index (χ1) is 9.49. The van der Waals surface area contributed by atoms with Crippen molar-refractivity contribution in [3.05, 3.63) is 33.9 Å². The van der Waals surface area contributed by atoms with Crippen molar-refractivity contribution in [3.63, 3.8) is 0 Å². The van der Waals surface area contributed by atoms with Crippen LogP contribution in [0.3, 0.4) is 0 Å². The van der Waals surface area contributed by atoms with Crippen molar-refractivity contribution in [1.82, 2.24) is 4.90 Å². The molecule has 1 aliphatic rings.